The Hall–Kier alpha value is -2.11. The molecule has 4 atom stereocenters. The van der Waals surface area contributed by atoms with E-state index in [9.17, 15) is 24.0 Å². The molecule has 0 radical (unpaired) electrons. The van der Waals surface area contributed by atoms with Gasteiger partial charge in [-0.15, -0.1) is 0 Å². The monoisotopic (exact) mass is 495 g/mol. The Morgan fingerprint density at radius 2 is 1.40 bits per heavy atom. The van der Waals surface area contributed by atoms with E-state index in [2.05, 4.69) is 0 Å². The van der Waals surface area contributed by atoms with Crippen molar-refractivity contribution in [1.82, 2.24) is 0 Å². The van der Waals surface area contributed by atoms with Crippen molar-refractivity contribution < 1.29 is 53.1 Å². The van der Waals surface area contributed by atoms with Gasteiger partial charge in [-0.2, -0.15) is 0 Å². The third-order valence-electron chi connectivity index (χ3n) is 2.89. The van der Waals surface area contributed by atoms with Crippen LogP contribution in [0.2, 0.25) is 0 Å². The first-order valence-corrected chi connectivity index (χ1v) is 8.66. The molecule has 0 heterocycles. The zero-order chi connectivity index (χ0) is 26.5. The molecular weight excluding hydrogens is 473 g/mol. The normalized spacial score (nSPS) is 16.6. The lowest BCUT2D eigenvalue weighted by molar-refractivity contribution is -0.194. The topological polar surface area (TPSA) is 155 Å². The quantitative estimate of drug-likeness (QED) is 0.117. The molecule has 0 aromatic carbocycles. The van der Waals surface area contributed by atoms with E-state index in [4.69, 9.17) is 69.4 Å². The van der Waals surface area contributed by atoms with Crippen LogP contribution < -0.4 is 0 Å². The smallest absolute Gasteiger partial charge is 0.303 e. The summed E-state index contributed by atoms with van der Waals surface area (Å²) in [7, 11) is 0. The Morgan fingerprint density at radius 1 is 0.900 bits per heavy atom. The highest BCUT2D eigenvalue weighted by molar-refractivity contribution is 6.76. The summed E-state index contributed by atoms with van der Waals surface area (Å²) in [4.78, 5) is 58.4. The highest BCUT2D eigenvalue weighted by Crippen LogP contribution is 2.29. The van der Waals surface area contributed by atoms with Crippen LogP contribution >= 0.6 is 34.8 Å². The van der Waals surface area contributed by atoms with Crippen LogP contribution in [-0.2, 0) is 47.7 Å². The molecule has 0 aliphatic rings. The maximum Gasteiger partial charge on any atom is 0.303 e. The van der Waals surface area contributed by atoms with E-state index in [-0.39, 0.29) is 6.29 Å². The van der Waals surface area contributed by atoms with Crippen LogP contribution in [0, 0.1) is 5.41 Å². The zero-order valence-electron chi connectivity index (χ0n) is 19.1. The maximum absolute atomic E-state index is 11.9. The highest BCUT2D eigenvalue weighted by Gasteiger charge is 2.45. The van der Waals surface area contributed by atoms with E-state index in [1.54, 1.807) is 0 Å². The minimum atomic E-state index is -2.49. The summed E-state index contributed by atoms with van der Waals surface area (Å²) in [5.41, 5.74) is 0. The fourth-order valence-corrected chi connectivity index (χ4v) is 2.03. The molecule has 0 saturated heterocycles. The van der Waals surface area contributed by atoms with Gasteiger partial charge in [-0.3, -0.25) is 29.4 Å². The molecule has 0 spiro atoms. The molecule has 0 aromatic heterocycles. The molecule has 0 saturated carbocycles. The Bertz CT molecular complexity index is 755. The van der Waals surface area contributed by atoms with Gasteiger partial charge in [0, 0.05) is 33.1 Å². The van der Waals surface area contributed by atoms with E-state index in [1.165, 1.54) is 0 Å². The number of rotatable bonds is 10. The number of nitrogens with one attached hydrogen (secondary N) is 1. The summed E-state index contributed by atoms with van der Waals surface area (Å²) in [5, 5.41) is 7.75. The molecule has 0 aliphatic heterocycles. The van der Waals surface area contributed by atoms with Crippen molar-refractivity contribution in [1.29, 1.82) is 5.41 Å². The van der Waals surface area contributed by atoms with Gasteiger partial charge in [0.15, 0.2) is 30.7 Å². The minimum Gasteiger partial charge on any atom is -0.467 e. The first kappa shape index (κ1) is 21.1. The summed E-state index contributed by atoms with van der Waals surface area (Å²) in [6, 6.07) is 0. The van der Waals surface area contributed by atoms with E-state index < -0.39 is 92.2 Å². The zero-order valence-corrected chi connectivity index (χ0v) is 17.4. The lowest BCUT2D eigenvalue weighted by Gasteiger charge is -2.34. The number of carbonyl (C=O) groups excluding carboxylic acids is 5. The summed E-state index contributed by atoms with van der Waals surface area (Å²) in [6.07, 6.45) is -8.10. The number of hydrogen-bond donors (Lipinski definition) is 1. The number of hydrogen-bond acceptors (Lipinski definition) is 11. The molecule has 0 rings (SSSR count). The van der Waals surface area contributed by atoms with Crippen LogP contribution in [0.15, 0.2) is 0 Å². The molecular formula is C16H20Cl3NO10. The molecule has 0 unspecified atom stereocenters. The first-order valence-electron chi connectivity index (χ1n) is 10.4. The maximum atomic E-state index is 11.9. The van der Waals surface area contributed by atoms with Gasteiger partial charge in [-0.1, -0.05) is 34.8 Å². The molecule has 0 aliphatic carbocycles. The fourth-order valence-electron chi connectivity index (χ4n) is 1.89. The van der Waals surface area contributed by atoms with Gasteiger partial charge in [0.25, 0.3) is 3.79 Å². The number of alkyl halides is 3. The van der Waals surface area contributed by atoms with Crippen molar-refractivity contribution in [3.05, 3.63) is 0 Å². The van der Waals surface area contributed by atoms with E-state index >= 15 is 0 Å². The van der Waals surface area contributed by atoms with Crippen LogP contribution in [0.4, 0.5) is 0 Å². The first-order chi connectivity index (χ1) is 15.8. The molecule has 0 fully saturated rings. The molecule has 30 heavy (non-hydrogen) atoms. The van der Waals surface area contributed by atoms with Crippen molar-refractivity contribution in [2.75, 3.05) is 6.61 Å². The fraction of sp³-hybridized carbons (Fsp3) is 0.625. The second-order valence-corrected chi connectivity index (χ2v) is 7.45. The van der Waals surface area contributed by atoms with Crippen LogP contribution in [0.5, 0.6) is 0 Å². The summed E-state index contributed by atoms with van der Waals surface area (Å²) < 4.78 is 50.3. The third kappa shape index (κ3) is 10.6. The number of esters is 4. The van der Waals surface area contributed by atoms with Crippen LogP contribution in [0.3, 0.4) is 0 Å². The number of ether oxygens (including phenoxy) is 5. The van der Waals surface area contributed by atoms with Gasteiger partial charge in [0.05, 0.1) is 0 Å². The van der Waals surface area contributed by atoms with Crippen LogP contribution in [-0.4, -0.2) is 70.9 Å². The van der Waals surface area contributed by atoms with Gasteiger partial charge in [0.1, 0.15) is 6.61 Å². The molecule has 14 heteroatoms. The summed E-state index contributed by atoms with van der Waals surface area (Å²) in [6.45, 7) is -4.75. The van der Waals surface area contributed by atoms with Crippen molar-refractivity contribution in [2.24, 2.45) is 0 Å². The van der Waals surface area contributed by atoms with E-state index in [0.29, 0.717) is 0 Å². The predicted molar refractivity (Wildman–Crippen MR) is 102 cm³/mol. The lowest BCUT2D eigenvalue weighted by Crippen LogP contribution is -2.54. The molecule has 1 N–H and O–H groups in total. The number of carbonyl (C=O) groups is 5. The van der Waals surface area contributed by atoms with Crippen molar-refractivity contribution in [3.8, 4) is 0 Å². The Kier molecular flexibility index (Phi) is 8.84. The van der Waals surface area contributed by atoms with Crippen LogP contribution in [0.25, 0.3) is 0 Å². The van der Waals surface area contributed by atoms with Gasteiger partial charge in [-0.25, -0.2) is 0 Å². The van der Waals surface area contributed by atoms with Gasteiger partial charge < -0.3 is 23.7 Å². The second kappa shape index (κ2) is 12.6. The van der Waals surface area contributed by atoms with Crippen molar-refractivity contribution >= 4 is 70.9 Å². The van der Waals surface area contributed by atoms with E-state index in [1.807, 2.05) is 0 Å². The lowest BCUT2D eigenvalue weighted by atomic mass is 10.0. The predicted octanol–water partition coefficient (Wildman–Crippen LogP) is 1.28. The van der Waals surface area contributed by atoms with Gasteiger partial charge in [-0.05, 0) is 0 Å². The van der Waals surface area contributed by atoms with Crippen molar-refractivity contribution in [3.63, 3.8) is 0 Å². The third-order valence-corrected chi connectivity index (χ3v) is 3.40. The molecule has 11 nitrogen and oxygen atoms in total. The largest absolute Gasteiger partial charge is 0.467 e. The standard InChI is InChI=1S/C16H20Cl3NO10/c1-7(22)26-6-12(30-15(20)16(17,18)19)14(29-10(4)25)13(28-9(3)24)11(5-21)27-8(2)23/h5,11-14,20H,6H2,1-4H3/t11-,12+,13+,14-/m0/s1/i1D,2D,3D,4D. The van der Waals surface area contributed by atoms with Crippen LogP contribution in [0.1, 0.15) is 33.1 Å². The number of halogens is 3. The SMILES string of the molecule is [2H]CC(=O)OC[C@@H](OC(=N)C(Cl)(Cl)Cl)[C@H](OC(=O)C[2H])[C@H](OC(=O)C[2H])[C@H](C=O)OC(=O)C[2H]. The van der Waals surface area contributed by atoms with E-state index in [0.717, 1.165) is 0 Å². The molecule has 170 valence electrons. The summed E-state index contributed by atoms with van der Waals surface area (Å²) >= 11 is 16.7. The Balaban J connectivity index is 6.52. The minimum absolute atomic E-state index is 0.0515. The Labute approximate surface area is 192 Å². The Morgan fingerprint density at radius 3 is 1.87 bits per heavy atom. The van der Waals surface area contributed by atoms with Gasteiger partial charge >= 0.3 is 23.9 Å². The van der Waals surface area contributed by atoms with Crippen molar-refractivity contribution in [2.45, 2.75) is 55.8 Å². The number of aldehydes is 1. The molecule has 0 aromatic rings. The average molecular weight is 497 g/mol. The highest BCUT2D eigenvalue weighted by atomic mass is 35.6. The average Bonchev–Trinajstić information content (AvgIpc) is 2.80. The molecule has 0 amide bonds. The molecule has 0 bridgehead atoms. The second-order valence-electron chi connectivity index (χ2n) is 5.17. The summed E-state index contributed by atoms with van der Waals surface area (Å²) in [5.74, 6) is -6.08. The van der Waals surface area contributed by atoms with Gasteiger partial charge in [0.2, 0.25) is 5.90 Å².